The second kappa shape index (κ2) is 26.3. The minimum atomic E-state index is -1.28. The van der Waals surface area contributed by atoms with Crippen LogP contribution in [0.1, 0.15) is 77.0 Å². The Morgan fingerprint density at radius 2 is 0.508 bits per heavy atom. The Balaban J connectivity index is 1.29. The maximum Gasteiger partial charge on any atom is 0.533 e. The second-order valence-electron chi connectivity index (χ2n) is 14.2. The zero-order valence-electron chi connectivity index (χ0n) is 35.1. The fourth-order valence-corrected chi connectivity index (χ4v) is 5.71. The molecule has 4 aliphatic heterocycles. The highest BCUT2D eigenvalue weighted by Gasteiger charge is 2.37. The van der Waals surface area contributed by atoms with Gasteiger partial charge in [-0.15, -0.1) is 0 Å². The van der Waals surface area contributed by atoms with Gasteiger partial charge in [-0.1, -0.05) is 20.3 Å². The number of hydroxylamine groups is 8. The van der Waals surface area contributed by atoms with Crippen molar-refractivity contribution in [2.75, 3.05) is 79.3 Å². The number of nitrogens with zero attached hydrogens (tertiary/aromatic N) is 4. The highest BCUT2D eigenvalue weighted by molar-refractivity contribution is 6.03. The van der Waals surface area contributed by atoms with Crippen LogP contribution in [0.3, 0.4) is 0 Å². The van der Waals surface area contributed by atoms with Gasteiger partial charge in [-0.05, 0) is 0 Å². The Labute approximate surface area is 368 Å². The van der Waals surface area contributed by atoms with Crippen molar-refractivity contribution in [3.05, 3.63) is 0 Å². The molecule has 28 nitrogen and oxygen atoms in total. The zero-order valence-corrected chi connectivity index (χ0v) is 35.1. The summed E-state index contributed by atoms with van der Waals surface area (Å²) in [5.41, 5.74) is -1.13. The van der Waals surface area contributed by atoms with Crippen LogP contribution in [0.4, 0.5) is 19.2 Å². The number of imide groups is 4. The van der Waals surface area contributed by atoms with Crippen LogP contribution >= 0.6 is 0 Å². The Kier molecular flexibility index (Phi) is 20.7. The normalized spacial score (nSPS) is 16.5. The van der Waals surface area contributed by atoms with E-state index >= 15 is 0 Å². The summed E-state index contributed by atoms with van der Waals surface area (Å²) in [6, 6.07) is 0. The smallest absolute Gasteiger partial charge is 0.433 e. The van der Waals surface area contributed by atoms with E-state index in [9.17, 15) is 57.5 Å². The molecule has 4 fully saturated rings. The Morgan fingerprint density at radius 1 is 0.323 bits per heavy atom. The van der Waals surface area contributed by atoms with Crippen LogP contribution in [-0.2, 0) is 95.6 Å². The molecule has 4 saturated heterocycles. The predicted octanol–water partition coefficient (Wildman–Crippen LogP) is 0.468. The van der Waals surface area contributed by atoms with Gasteiger partial charge in [0.1, 0.15) is 0 Å². The summed E-state index contributed by atoms with van der Waals surface area (Å²) in [6.07, 6.45) is -5.49. The Bertz CT molecular complexity index is 1470. The van der Waals surface area contributed by atoms with Gasteiger partial charge in [0.2, 0.25) is 0 Å². The molecule has 0 bridgehead atoms. The lowest BCUT2D eigenvalue weighted by Crippen LogP contribution is -2.42. The number of hydrogen-bond acceptors (Lipinski definition) is 24. The maximum absolute atomic E-state index is 12.0. The lowest BCUT2D eigenvalue weighted by molar-refractivity contribution is -0.177. The van der Waals surface area contributed by atoms with Crippen molar-refractivity contribution >= 4 is 71.9 Å². The zero-order chi connectivity index (χ0) is 47.2. The Hall–Kier alpha value is -6.52. The van der Waals surface area contributed by atoms with E-state index in [-0.39, 0.29) is 156 Å². The maximum atomic E-state index is 12.0. The molecule has 0 radical (unpaired) electrons. The highest BCUT2D eigenvalue weighted by atomic mass is 16.8. The molecule has 360 valence electrons. The molecule has 0 unspecified atom stereocenters. The van der Waals surface area contributed by atoms with Crippen LogP contribution in [0, 0.1) is 5.41 Å². The van der Waals surface area contributed by atoms with Crippen LogP contribution in [0.2, 0.25) is 0 Å². The molecular formula is C37H48N4O24. The predicted molar refractivity (Wildman–Crippen MR) is 198 cm³/mol. The van der Waals surface area contributed by atoms with Crippen molar-refractivity contribution in [1.82, 2.24) is 20.3 Å². The summed E-state index contributed by atoms with van der Waals surface area (Å²) < 4.78 is 43.3. The number of carbonyl (C=O) groups excluding carboxylic acids is 12. The molecule has 0 aromatic rings. The largest absolute Gasteiger partial charge is 0.533 e. The second-order valence-corrected chi connectivity index (χ2v) is 14.2. The van der Waals surface area contributed by atoms with Gasteiger partial charge in [-0.2, -0.15) is 0 Å². The fraction of sp³-hybridized carbons (Fsp3) is 0.676. The van der Waals surface area contributed by atoms with E-state index in [4.69, 9.17) is 37.9 Å². The van der Waals surface area contributed by atoms with E-state index in [0.29, 0.717) is 20.3 Å². The summed E-state index contributed by atoms with van der Waals surface area (Å²) >= 11 is 0. The van der Waals surface area contributed by atoms with E-state index in [0.717, 1.165) is 0 Å². The quantitative estimate of drug-likeness (QED) is 0.0445. The fourth-order valence-electron chi connectivity index (χ4n) is 5.71. The van der Waals surface area contributed by atoms with Gasteiger partial charge in [-0.25, -0.2) is 19.2 Å². The SMILES string of the molecule is O=C(OCCCOCC(COCCCOC(=O)ON1C(=O)CCC1=O)(COCCCOC(=O)ON1C(=O)CCC1=O)COCCCOC(=O)ON1C(=O)CCC1=O)ON1C(=O)CCC1=O. The van der Waals surface area contributed by atoms with Crippen molar-refractivity contribution in [1.29, 1.82) is 0 Å². The molecule has 65 heavy (non-hydrogen) atoms. The minimum absolute atomic E-state index is 0.0233. The molecule has 0 spiro atoms. The van der Waals surface area contributed by atoms with E-state index in [1.54, 1.807) is 0 Å². The van der Waals surface area contributed by atoms with E-state index in [1.807, 2.05) is 0 Å². The molecule has 0 atom stereocenters. The number of ether oxygens (including phenoxy) is 8. The van der Waals surface area contributed by atoms with Gasteiger partial charge < -0.3 is 37.9 Å². The molecule has 4 rings (SSSR count). The third kappa shape index (κ3) is 17.2. The summed E-state index contributed by atoms with van der Waals surface area (Å²) in [6.45, 7) is -1.56. The van der Waals surface area contributed by atoms with E-state index in [2.05, 4.69) is 19.4 Å². The third-order valence-electron chi connectivity index (χ3n) is 8.93. The molecular weight excluding hydrogens is 884 g/mol. The standard InChI is InChI=1S/C37H48N4O24/c42-25-5-6-26(43)38(25)62-33(50)58-17-1-13-54-21-37(22-55-14-2-18-59-34(51)63-39-27(44)7-8-28(39)45,23-56-15-3-19-60-35(52)64-40-29(46)9-10-30(40)47)24-57-16-4-20-61-36(53)65-41-31(48)11-12-32(41)49/h1-24H2. The number of hydrogen-bond donors (Lipinski definition) is 0. The number of amides is 8. The van der Waals surface area contributed by atoms with Gasteiger partial charge in [0.15, 0.2) is 0 Å². The highest BCUT2D eigenvalue weighted by Crippen LogP contribution is 2.22. The van der Waals surface area contributed by atoms with Gasteiger partial charge in [-0.3, -0.25) is 57.7 Å². The van der Waals surface area contributed by atoms with Crippen LogP contribution < -0.4 is 0 Å². The molecule has 4 heterocycles. The Morgan fingerprint density at radius 3 is 0.692 bits per heavy atom. The van der Waals surface area contributed by atoms with Crippen LogP contribution in [-0.4, -0.2) is 171 Å². The minimum Gasteiger partial charge on any atom is -0.433 e. The van der Waals surface area contributed by atoms with E-state index < -0.39 is 77.3 Å². The molecule has 28 heteroatoms. The van der Waals surface area contributed by atoms with Crippen molar-refractivity contribution in [3.8, 4) is 0 Å². The van der Waals surface area contributed by atoms with Gasteiger partial charge in [0, 0.05) is 103 Å². The van der Waals surface area contributed by atoms with Crippen LogP contribution in [0.5, 0.6) is 0 Å². The summed E-state index contributed by atoms with van der Waals surface area (Å²) in [4.78, 5) is 160. The first kappa shape index (κ1) is 51.1. The van der Waals surface area contributed by atoms with Gasteiger partial charge in [0.25, 0.3) is 47.3 Å². The third-order valence-corrected chi connectivity index (χ3v) is 8.93. The molecule has 0 aromatic carbocycles. The molecule has 4 aliphatic rings. The summed E-state index contributed by atoms with van der Waals surface area (Å²) in [5, 5.41) is 1.32. The monoisotopic (exact) mass is 932 g/mol. The molecule has 0 N–H and O–H groups in total. The van der Waals surface area contributed by atoms with Crippen LogP contribution in [0.15, 0.2) is 0 Å². The lowest BCUT2D eigenvalue weighted by Gasteiger charge is -2.33. The number of carbonyl (C=O) groups is 12. The summed E-state index contributed by atoms with van der Waals surface area (Å²) in [7, 11) is 0. The molecule has 0 saturated carbocycles. The van der Waals surface area contributed by atoms with Crippen molar-refractivity contribution in [2.24, 2.45) is 5.41 Å². The summed E-state index contributed by atoms with van der Waals surface area (Å²) in [5.74, 6) is -5.50. The van der Waals surface area contributed by atoms with Crippen LogP contribution in [0.25, 0.3) is 0 Å². The first-order valence-corrected chi connectivity index (χ1v) is 20.3. The first-order valence-electron chi connectivity index (χ1n) is 20.3. The average Bonchev–Trinajstić information content (AvgIpc) is 3.98. The molecule has 8 amide bonds. The number of rotatable bonds is 28. The van der Waals surface area contributed by atoms with Crippen molar-refractivity contribution in [3.63, 3.8) is 0 Å². The molecule has 0 aromatic heterocycles. The van der Waals surface area contributed by atoms with E-state index in [1.165, 1.54) is 0 Å². The average molecular weight is 933 g/mol. The van der Waals surface area contributed by atoms with Crippen molar-refractivity contribution in [2.45, 2.75) is 77.0 Å². The van der Waals surface area contributed by atoms with Gasteiger partial charge in [0.05, 0.1) is 58.3 Å². The first-order chi connectivity index (χ1) is 31.2. The lowest BCUT2D eigenvalue weighted by atomic mass is 9.92. The van der Waals surface area contributed by atoms with Gasteiger partial charge >= 0.3 is 24.6 Å². The van der Waals surface area contributed by atoms with Crippen molar-refractivity contribution < 1.29 is 115 Å². The molecule has 0 aliphatic carbocycles. The topological polar surface area (TPSA) is 329 Å².